The molecule has 0 amide bonds. The molecule has 2 aliphatic rings. The first kappa shape index (κ1) is 24.9. The van der Waals surface area contributed by atoms with Gasteiger partial charge in [-0.15, -0.1) is 0 Å². The number of aryl methyl sites for hydroxylation is 1. The maximum Gasteiger partial charge on any atom is 0.416 e. The number of nitrogens with one attached hydrogen (secondary N) is 2. The van der Waals surface area contributed by atoms with E-state index in [0.717, 1.165) is 29.7 Å². The van der Waals surface area contributed by atoms with Crippen LogP contribution in [-0.4, -0.2) is 27.1 Å². The second-order valence-electron chi connectivity index (χ2n) is 9.99. The van der Waals surface area contributed by atoms with Crippen LogP contribution >= 0.6 is 0 Å². The van der Waals surface area contributed by atoms with Gasteiger partial charge in [-0.1, -0.05) is 48.9 Å². The summed E-state index contributed by atoms with van der Waals surface area (Å²) in [6.07, 6.45) is -3.77. The van der Waals surface area contributed by atoms with Gasteiger partial charge in [-0.25, -0.2) is 14.8 Å². The molecule has 4 unspecified atom stereocenters. The summed E-state index contributed by atoms with van der Waals surface area (Å²) < 4.78 is 39.4. The lowest BCUT2D eigenvalue weighted by atomic mass is 10.1. The monoisotopic (exact) mass is 511 g/mol. The molecule has 1 aliphatic heterocycles. The Morgan fingerprint density at radius 3 is 2.51 bits per heavy atom. The largest absolute Gasteiger partial charge is 0.475 e. The van der Waals surface area contributed by atoms with E-state index < -0.39 is 23.9 Å². The number of carboxylic acids is 1. The summed E-state index contributed by atoms with van der Waals surface area (Å²) in [5.74, 6) is 0.201. The molecule has 4 atom stereocenters. The van der Waals surface area contributed by atoms with Gasteiger partial charge >= 0.3 is 12.1 Å². The lowest BCUT2D eigenvalue weighted by Gasteiger charge is -2.29. The molecule has 0 spiro atoms. The molecule has 5 rings (SSSR count). The molecule has 37 heavy (non-hydrogen) atoms. The first-order valence-corrected chi connectivity index (χ1v) is 12.2. The fourth-order valence-electron chi connectivity index (χ4n) is 5.00. The first-order valence-electron chi connectivity index (χ1n) is 12.2. The SMILES string of the molecule is Cc1cccc(C2Nc3nc(C(=O)O)nc(NC(C)C4CC4C)c3N2Cc2ccc(C(F)(F)F)cc2)c1. The zero-order valence-electron chi connectivity index (χ0n) is 20.7. The molecule has 0 bridgehead atoms. The molecule has 194 valence electrons. The maximum atomic E-state index is 13.1. The fraction of sp³-hybridized carbons (Fsp3) is 0.370. The van der Waals surface area contributed by atoms with E-state index in [0.29, 0.717) is 34.7 Å². The third-order valence-corrected chi connectivity index (χ3v) is 7.12. The van der Waals surface area contributed by atoms with Crippen molar-refractivity contribution in [3.63, 3.8) is 0 Å². The second kappa shape index (κ2) is 9.24. The van der Waals surface area contributed by atoms with Crippen LogP contribution in [-0.2, 0) is 12.7 Å². The Morgan fingerprint density at radius 2 is 1.92 bits per heavy atom. The van der Waals surface area contributed by atoms with Crippen molar-refractivity contribution in [3.05, 3.63) is 76.6 Å². The minimum atomic E-state index is -4.42. The van der Waals surface area contributed by atoms with E-state index in [-0.39, 0.29) is 18.4 Å². The fourth-order valence-corrected chi connectivity index (χ4v) is 5.00. The number of hydrogen-bond acceptors (Lipinski definition) is 6. The maximum absolute atomic E-state index is 13.1. The lowest BCUT2D eigenvalue weighted by Crippen LogP contribution is -2.29. The predicted octanol–water partition coefficient (Wildman–Crippen LogP) is 6.09. The van der Waals surface area contributed by atoms with Crippen LogP contribution in [0.4, 0.5) is 30.5 Å². The number of fused-ring (bicyclic) bond motifs is 1. The Hall–Kier alpha value is -3.82. The van der Waals surface area contributed by atoms with Crippen LogP contribution in [0.1, 0.15) is 59.3 Å². The van der Waals surface area contributed by atoms with Crippen LogP contribution in [0.15, 0.2) is 48.5 Å². The average molecular weight is 512 g/mol. The molecule has 2 aromatic carbocycles. The first-order chi connectivity index (χ1) is 17.5. The summed E-state index contributed by atoms with van der Waals surface area (Å²) in [6.45, 7) is 6.45. The summed E-state index contributed by atoms with van der Waals surface area (Å²) in [5.41, 5.74) is 2.50. The predicted molar refractivity (Wildman–Crippen MR) is 135 cm³/mol. The number of anilines is 3. The van der Waals surface area contributed by atoms with Gasteiger partial charge in [0.25, 0.3) is 0 Å². The van der Waals surface area contributed by atoms with Crippen molar-refractivity contribution in [1.82, 2.24) is 9.97 Å². The number of rotatable bonds is 7. The van der Waals surface area contributed by atoms with Gasteiger partial charge in [0.2, 0.25) is 5.82 Å². The topological polar surface area (TPSA) is 90.4 Å². The van der Waals surface area contributed by atoms with Crippen molar-refractivity contribution in [1.29, 1.82) is 0 Å². The highest BCUT2D eigenvalue weighted by Crippen LogP contribution is 2.47. The highest BCUT2D eigenvalue weighted by molar-refractivity contribution is 5.90. The quantitative estimate of drug-likeness (QED) is 0.354. The molecule has 1 fully saturated rings. The Labute approximate surface area is 212 Å². The number of aromatic carboxylic acids is 1. The van der Waals surface area contributed by atoms with Crippen LogP contribution in [0.25, 0.3) is 0 Å². The molecule has 0 radical (unpaired) electrons. The van der Waals surface area contributed by atoms with Crippen LogP contribution in [0.5, 0.6) is 0 Å². The smallest absolute Gasteiger partial charge is 0.416 e. The van der Waals surface area contributed by atoms with Gasteiger partial charge in [-0.3, -0.25) is 0 Å². The number of nitrogens with zero attached hydrogens (tertiary/aromatic N) is 3. The number of carbonyl (C=O) groups is 1. The van der Waals surface area contributed by atoms with Gasteiger partial charge in [0.1, 0.15) is 11.9 Å². The molecule has 7 nitrogen and oxygen atoms in total. The molecule has 3 aromatic rings. The summed E-state index contributed by atoms with van der Waals surface area (Å²) in [7, 11) is 0. The van der Waals surface area contributed by atoms with Crippen molar-refractivity contribution in [2.45, 2.75) is 52.1 Å². The number of alkyl halides is 3. The minimum Gasteiger partial charge on any atom is -0.475 e. The number of benzene rings is 2. The molecule has 3 N–H and O–H groups in total. The van der Waals surface area contributed by atoms with E-state index in [1.54, 1.807) is 0 Å². The van der Waals surface area contributed by atoms with Crippen molar-refractivity contribution in [3.8, 4) is 0 Å². The summed E-state index contributed by atoms with van der Waals surface area (Å²) in [5, 5.41) is 16.4. The van der Waals surface area contributed by atoms with Gasteiger partial charge in [-0.2, -0.15) is 13.2 Å². The molecule has 1 aromatic heterocycles. The molecular weight excluding hydrogens is 483 g/mol. The molecule has 1 saturated carbocycles. The lowest BCUT2D eigenvalue weighted by molar-refractivity contribution is -0.137. The summed E-state index contributed by atoms with van der Waals surface area (Å²) in [4.78, 5) is 22.4. The van der Waals surface area contributed by atoms with E-state index in [4.69, 9.17) is 0 Å². The average Bonchev–Trinajstić information content (AvgIpc) is 3.46. The third kappa shape index (κ3) is 5.05. The van der Waals surface area contributed by atoms with Crippen molar-refractivity contribution >= 4 is 23.3 Å². The van der Waals surface area contributed by atoms with Gasteiger partial charge < -0.3 is 20.6 Å². The van der Waals surface area contributed by atoms with Crippen molar-refractivity contribution in [2.24, 2.45) is 11.8 Å². The summed E-state index contributed by atoms with van der Waals surface area (Å²) in [6, 6.07) is 13.0. The van der Waals surface area contributed by atoms with Gasteiger partial charge in [0.05, 0.1) is 5.56 Å². The van der Waals surface area contributed by atoms with Crippen molar-refractivity contribution < 1.29 is 23.1 Å². The van der Waals surface area contributed by atoms with E-state index in [1.165, 1.54) is 12.1 Å². The van der Waals surface area contributed by atoms with E-state index >= 15 is 0 Å². The highest BCUT2D eigenvalue weighted by atomic mass is 19.4. The zero-order valence-corrected chi connectivity index (χ0v) is 20.7. The standard InChI is InChI=1S/C27H28F3N5O2/c1-14-5-4-6-18(11-14)25-34-23-21(35(25)13-17-7-9-19(10-8-17)27(28,29)30)22(32-24(33-23)26(36)37)31-16(3)20-12-15(20)2/h4-11,15-16,20,25H,12-13H2,1-3H3,(H,36,37)(H2,31,32,33,34). The van der Waals surface area contributed by atoms with Gasteiger partial charge in [0.15, 0.2) is 11.6 Å². The zero-order chi connectivity index (χ0) is 26.5. The summed E-state index contributed by atoms with van der Waals surface area (Å²) >= 11 is 0. The Balaban J connectivity index is 1.57. The Bertz CT molecular complexity index is 1330. The van der Waals surface area contributed by atoms with Gasteiger partial charge in [0, 0.05) is 12.6 Å². The van der Waals surface area contributed by atoms with Crippen molar-refractivity contribution in [2.75, 3.05) is 15.5 Å². The molecular formula is C27H28F3N5O2. The van der Waals surface area contributed by atoms with Crippen LogP contribution in [0.2, 0.25) is 0 Å². The molecule has 1 aliphatic carbocycles. The van der Waals surface area contributed by atoms with Crippen LogP contribution in [0, 0.1) is 18.8 Å². The number of aromatic nitrogens is 2. The Morgan fingerprint density at radius 1 is 1.22 bits per heavy atom. The third-order valence-electron chi connectivity index (χ3n) is 7.12. The second-order valence-corrected chi connectivity index (χ2v) is 9.99. The number of hydrogen-bond donors (Lipinski definition) is 3. The normalized spacial score (nSPS) is 21.2. The van der Waals surface area contributed by atoms with Gasteiger partial charge in [-0.05, 0) is 55.4 Å². The van der Waals surface area contributed by atoms with E-state index in [9.17, 15) is 23.1 Å². The Kier molecular flexibility index (Phi) is 6.21. The van der Waals surface area contributed by atoms with E-state index in [1.807, 2.05) is 43.0 Å². The molecule has 10 heteroatoms. The van der Waals surface area contributed by atoms with Crippen LogP contribution in [0.3, 0.4) is 0 Å². The highest BCUT2D eigenvalue weighted by Gasteiger charge is 2.40. The number of halogens is 3. The number of carboxylic acid groups (broad SMARTS) is 1. The molecule has 2 heterocycles. The van der Waals surface area contributed by atoms with Crippen LogP contribution < -0.4 is 15.5 Å². The molecule has 0 saturated heterocycles. The minimum absolute atomic E-state index is 0.0570. The van der Waals surface area contributed by atoms with E-state index in [2.05, 4.69) is 27.5 Å².